The van der Waals surface area contributed by atoms with Crippen LogP contribution in [0.2, 0.25) is 0 Å². The molecule has 0 aliphatic rings. The highest BCUT2D eigenvalue weighted by Gasteiger charge is 2.19. The number of aliphatic hydroxyl groups is 1. The van der Waals surface area contributed by atoms with E-state index >= 15 is 0 Å². The fraction of sp³-hybridized carbons (Fsp3) is 0.125. The van der Waals surface area contributed by atoms with E-state index in [9.17, 15) is 9.50 Å². The molecule has 9 heteroatoms. The molecule has 0 saturated carbocycles. The molecule has 2 aromatic carbocycles. The van der Waals surface area contributed by atoms with E-state index in [1.54, 1.807) is 35.0 Å². The first-order valence-electron chi connectivity index (χ1n) is 10.3. The number of rotatable bonds is 8. The van der Waals surface area contributed by atoms with Crippen molar-refractivity contribution in [1.82, 2.24) is 19.4 Å². The summed E-state index contributed by atoms with van der Waals surface area (Å²) in [5.74, 6) is 1.10. The maximum absolute atomic E-state index is 13.4. The number of anilines is 1. The first kappa shape index (κ1) is 20.7. The predicted molar refractivity (Wildman–Crippen MR) is 122 cm³/mol. The van der Waals surface area contributed by atoms with Gasteiger partial charge in [-0.3, -0.25) is 4.40 Å². The zero-order valence-corrected chi connectivity index (χ0v) is 17.4. The number of fused-ring (bicyclic) bond motifs is 1. The molecule has 0 fully saturated rings. The second kappa shape index (κ2) is 9.09. The SMILES string of the molecule is OC(CNc1nccc(-c2c(-c3ccc(F)cc3)nc3occn23)n1)COc1ccccc1.[HH]. The minimum absolute atomic E-state index is 0. The molecule has 8 nitrogen and oxygen atoms in total. The van der Waals surface area contributed by atoms with Crippen LogP contribution in [-0.2, 0) is 0 Å². The Kier molecular flexibility index (Phi) is 5.69. The lowest BCUT2D eigenvalue weighted by Crippen LogP contribution is -2.27. The van der Waals surface area contributed by atoms with Gasteiger partial charge in [-0.25, -0.2) is 14.4 Å². The Balaban J connectivity index is 0.00000274. The molecule has 0 bridgehead atoms. The number of oxazole rings is 1. The van der Waals surface area contributed by atoms with E-state index in [1.165, 1.54) is 18.4 Å². The van der Waals surface area contributed by atoms with E-state index in [-0.39, 0.29) is 20.4 Å². The van der Waals surface area contributed by atoms with Crippen molar-refractivity contribution >= 4 is 11.8 Å². The minimum Gasteiger partial charge on any atom is -0.491 e. The fourth-order valence-corrected chi connectivity index (χ4v) is 3.39. The average molecular weight is 447 g/mol. The third-order valence-electron chi connectivity index (χ3n) is 4.96. The van der Waals surface area contributed by atoms with E-state index in [1.807, 2.05) is 30.3 Å². The summed E-state index contributed by atoms with van der Waals surface area (Å²) in [5.41, 5.74) is 2.61. The maximum Gasteiger partial charge on any atom is 0.306 e. The van der Waals surface area contributed by atoms with Crippen LogP contribution in [0.4, 0.5) is 10.3 Å². The summed E-state index contributed by atoms with van der Waals surface area (Å²) in [7, 11) is 0. The van der Waals surface area contributed by atoms with Gasteiger partial charge in [-0.1, -0.05) is 18.2 Å². The molecule has 0 spiro atoms. The number of benzene rings is 2. The third-order valence-corrected chi connectivity index (χ3v) is 4.96. The number of hydrogen-bond acceptors (Lipinski definition) is 7. The summed E-state index contributed by atoms with van der Waals surface area (Å²) in [6.45, 7) is 0.332. The molecule has 5 rings (SSSR count). The zero-order chi connectivity index (χ0) is 22.6. The topological polar surface area (TPSA) is 97.7 Å². The highest BCUT2D eigenvalue weighted by Crippen LogP contribution is 2.32. The van der Waals surface area contributed by atoms with Crippen LogP contribution < -0.4 is 10.1 Å². The molecule has 1 atom stereocenters. The Labute approximate surface area is 189 Å². The normalized spacial score (nSPS) is 12.1. The number of halogens is 1. The lowest BCUT2D eigenvalue weighted by Gasteiger charge is -2.13. The molecule has 0 saturated heterocycles. The van der Waals surface area contributed by atoms with Crippen LogP contribution in [0.15, 0.2) is 83.7 Å². The van der Waals surface area contributed by atoms with Crippen molar-refractivity contribution in [2.75, 3.05) is 18.5 Å². The lowest BCUT2D eigenvalue weighted by molar-refractivity contribution is 0.117. The number of aliphatic hydroxyl groups excluding tert-OH is 1. The van der Waals surface area contributed by atoms with E-state index in [4.69, 9.17) is 9.15 Å². The van der Waals surface area contributed by atoms with Gasteiger partial charge in [-0.05, 0) is 42.5 Å². The van der Waals surface area contributed by atoms with E-state index in [0.29, 0.717) is 34.6 Å². The Morgan fingerprint density at radius 3 is 2.73 bits per heavy atom. The molecule has 3 heterocycles. The molecule has 168 valence electrons. The van der Waals surface area contributed by atoms with Gasteiger partial charge in [0.2, 0.25) is 5.95 Å². The second-order valence-electron chi connectivity index (χ2n) is 7.30. The van der Waals surface area contributed by atoms with Crippen LogP contribution in [0.5, 0.6) is 5.75 Å². The Hall–Kier alpha value is -4.24. The number of aromatic nitrogens is 4. The summed E-state index contributed by atoms with van der Waals surface area (Å²) >= 11 is 0. The maximum atomic E-state index is 13.4. The van der Waals surface area contributed by atoms with E-state index < -0.39 is 6.10 Å². The number of nitrogens with one attached hydrogen (secondary N) is 1. The van der Waals surface area contributed by atoms with Crippen LogP contribution in [0.1, 0.15) is 1.43 Å². The molecule has 3 aromatic heterocycles. The number of nitrogens with zero attached hydrogens (tertiary/aromatic N) is 4. The molecule has 5 aromatic rings. The van der Waals surface area contributed by atoms with Crippen molar-refractivity contribution in [2.45, 2.75) is 6.10 Å². The van der Waals surface area contributed by atoms with E-state index in [2.05, 4.69) is 20.3 Å². The number of ether oxygens (including phenoxy) is 1. The molecular weight excluding hydrogens is 425 g/mol. The van der Waals surface area contributed by atoms with Crippen LogP contribution in [0, 0.1) is 5.82 Å². The van der Waals surface area contributed by atoms with Crippen molar-refractivity contribution in [3.8, 4) is 28.4 Å². The molecule has 0 aliphatic heterocycles. The summed E-state index contributed by atoms with van der Waals surface area (Å²) < 4.78 is 26.2. The Morgan fingerprint density at radius 1 is 1.09 bits per heavy atom. The van der Waals surface area contributed by atoms with Crippen LogP contribution in [0.3, 0.4) is 0 Å². The summed E-state index contributed by atoms with van der Waals surface area (Å²) in [4.78, 5) is 13.4. The monoisotopic (exact) mass is 447 g/mol. The molecule has 1 unspecified atom stereocenters. The number of hydrogen-bond donors (Lipinski definition) is 2. The average Bonchev–Trinajstić information content (AvgIpc) is 3.44. The highest BCUT2D eigenvalue weighted by atomic mass is 19.1. The van der Waals surface area contributed by atoms with Gasteiger partial charge < -0.3 is 19.6 Å². The third kappa shape index (κ3) is 4.53. The van der Waals surface area contributed by atoms with Crippen LogP contribution >= 0.6 is 0 Å². The zero-order valence-electron chi connectivity index (χ0n) is 17.4. The van der Waals surface area contributed by atoms with Gasteiger partial charge in [0.25, 0.3) is 0 Å². The van der Waals surface area contributed by atoms with Crippen molar-refractivity contribution < 1.29 is 20.1 Å². The standard InChI is InChI=1S/C24H20FN5O3.H2/c25-17-8-6-16(7-9-17)21-22(30-12-13-32-24(30)29-21)20-10-11-26-23(28-20)27-14-18(31)15-33-19-4-2-1-3-5-19;/h1-13,18,31H,14-15H2,(H,26,27,28);1H. The lowest BCUT2D eigenvalue weighted by atomic mass is 10.1. The summed E-state index contributed by atoms with van der Waals surface area (Å²) in [6.07, 6.45) is 4.13. The van der Waals surface area contributed by atoms with Crippen molar-refractivity contribution in [2.24, 2.45) is 0 Å². The Morgan fingerprint density at radius 2 is 1.91 bits per heavy atom. The fourth-order valence-electron chi connectivity index (χ4n) is 3.39. The van der Waals surface area contributed by atoms with Gasteiger partial charge in [-0.2, -0.15) is 4.98 Å². The molecule has 0 amide bonds. The Bertz CT molecular complexity index is 1360. The van der Waals surface area contributed by atoms with E-state index in [0.717, 1.165) is 5.56 Å². The van der Waals surface area contributed by atoms with Crippen molar-refractivity contribution in [3.63, 3.8) is 0 Å². The first-order chi connectivity index (χ1) is 16.2. The molecule has 33 heavy (non-hydrogen) atoms. The summed E-state index contributed by atoms with van der Waals surface area (Å²) in [6, 6.07) is 17.1. The van der Waals surface area contributed by atoms with Crippen LogP contribution in [0.25, 0.3) is 28.5 Å². The van der Waals surface area contributed by atoms with Gasteiger partial charge in [0.15, 0.2) is 0 Å². The first-order valence-corrected chi connectivity index (χ1v) is 10.3. The smallest absolute Gasteiger partial charge is 0.306 e. The molecular formula is C24H22FN5O3. The minimum atomic E-state index is -0.761. The largest absolute Gasteiger partial charge is 0.491 e. The van der Waals surface area contributed by atoms with Crippen molar-refractivity contribution in [3.05, 3.63) is 85.1 Å². The number of imidazole rings is 1. The highest BCUT2D eigenvalue weighted by molar-refractivity contribution is 5.79. The van der Waals surface area contributed by atoms with Gasteiger partial charge in [-0.15, -0.1) is 0 Å². The second-order valence-corrected chi connectivity index (χ2v) is 7.30. The number of para-hydroxylation sites is 1. The molecule has 0 radical (unpaired) electrons. The predicted octanol–water partition coefficient (Wildman–Crippen LogP) is 4.29. The van der Waals surface area contributed by atoms with Crippen molar-refractivity contribution in [1.29, 1.82) is 0 Å². The quantitative estimate of drug-likeness (QED) is 0.366. The van der Waals surface area contributed by atoms with Gasteiger partial charge in [0, 0.05) is 25.9 Å². The van der Waals surface area contributed by atoms with Gasteiger partial charge in [0.05, 0.1) is 5.69 Å². The van der Waals surface area contributed by atoms with Gasteiger partial charge in [0.1, 0.15) is 41.9 Å². The van der Waals surface area contributed by atoms with Gasteiger partial charge >= 0.3 is 5.84 Å². The van der Waals surface area contributed by atoms with Crippen LogP contribution in [-0.4, -0.2) is 43.7 Å². The molecule has 0 aliphatic carbocycles. The molecule has 2 N–H and O–H groups in total. The summed E-state index contributed by atoms with van der Waals surface area (Å²) in [5, 5.41) is 13.3.